The molecule has 1 fully saturated rings. The molecule has 1 aliphatic rings. The van der Waals surface area contributed by atoms with E-state index in [1.54, 1.807) is 0 Å². The van der Waals surface area contributed by atoms with Gasteiger partial charge in [-0.2, -0.15) is 0 Å². The molecule has 0 atom stereocenters. The molecule has 0 saturated heterocycles. The number of aromatic nitrogens is 1. The maximum absolute atomic E-state index is 4.78. The average Bonchev–Trinajstić information content (AvgIpc) is 2.85. The van der Waals surface area contributed by atoms with Crippen molar-refractivity contribution in [3.8, 4) is 0 Å². The van der Waals surface area contributed by atoms with Crippen LogP contribution in [0.1, 0.15) is 56.5 Å². The van der Waals surface area contributed by atoms with E-state index in [0.29, 0.717) is 6.04 Å². The van der Waals surface area contributed by atoms with E-state index in [-0.39, 0.29) is 0 Å². The fourth-order valence-electron chi connectivity index (χ4n) is 3.06. The molecule has 0 amide bonds. The third-order valence-corrected chi connectivity index (χ3v) is 5.91. The van der Waals surface area contributed by atoms with Crippen molar-refractivity contribution < 1.29 is 0 Å². The number of nitrogens with one attached hydrogen (secondary N) is 1. The zero-order valence-corrected chi connectivity index (χ0v) is 14.2. The quantitative estimate of drug-likeness (QED) is 0.861. The standard InChI is InChI=1S/C16H29N3S/c1-5-13-7-9-14(10-8-13)19(4)16-18-12(3)15(20-16)11-17-6-2/h13-14,17H,5-11H2,1-4H3. The van der Waals surface area contributed by atoms with Crippen LogP contribution >= 0.6 is 11.3 Å². The van der Waals surface area contributed by atoms with Crippen molar-refractivity contribution in [2.75, 3.05) is 18.5 Å². The third kappa shape index (κ3) is 3.73. The first-order chi connectivity index (χ1) is 9.65. The van der Waals surface area contributed by atoms with Gasteiger partial charge < -0.3 is 10.2 Å². The summed E-state index contributed by atoms with van der Waals surface area (Å²) in [5.41, 5.74) is 1.19. The summed E-state index contributed by atoms with van der Waals surface area (Å²) in [6, 6.07) is 0.690. The van der Waals surface area contributed by atoms with Crippen molar-refractivity contribution in [2.24, 2.45) is 5.92 Å². The third-order valence-electron chi connectivity index (χ3n) is 4.66. The number of anilines is 1. The van der Waals surface area contributed by atoms with Gasteiger partial charge in [0.05, 0.1) is 5.69 Å². The van der Waals surface area contributed by atoms with Crippen molar-refractivity contribution >= 4 is 16.5 Å². The minimum Gasteiger partial charge on any atom is -0.348 e. The number of aryl methyl sites for hydroxylation is 1. The Hall–Kier alpha value is -0.610. The van der Waals surface area contributed by atoms with E-state index < -0.39 is 0 Å². The van der Waals surface area contributed by atoms with Crippen LogP contribution in [-0.2, 0) is 6.54 Å². The molecule has 0 radical (unpaired) electrons. The van der Waals surface area contributed by atoms with Gasteiger partial charge in [-0.15, -0.1) is 11.3 Å². The predicted octanol–water partition coefficient (Wildman–Crippen LogP) is 3.97. The van der Waals surface area contributed by atoms with Crippen LogP contribution in [0.15, 0.2) is 0 Å². The summed E-state index contributed by atoms with van der Waals surface area (Å²) < 4.78 is 0. The number of nitrogens with zero attached hydrogens (tertiary/aromatic N) is 2. The van der Waals surface area contributed by atoms with Crippen LogP contribution in [0.25, 0.3) is 0 Å². The number of hydrogen-bond donors (Lipinski definition) is 1. The van der Waals surface area contributed by atoms with Crippen LogP contribution in [0.2, 0.25) is 0 Å². The summed E-state index contributed by atoms with van der Waals surface area (Å²) in [7, 11) is 2.23. The van der Waals surface area contributed by atoms with Gasteiger partial charge in [-0.1, -0.05) is 20.3 Å². The van der Waals surface area contributed by atoms with Crippen molar-refractivity contribution in [1.29, 1.82) is 0 Å². The molecule has 1 aromatic heterocycles. The smallest absolute Gasteiger partial charge is 0.185 e. The fourth-order valence-corrected chi connectivity index (χ4v) is 4.13. The van der Waals surface area contributed by atoms with Crippen LogP contribution in [0.4, 0.5) is 5.13 Å². The highest BCUT2D eigenvalue weighted by Crippen LogP contribution is 2.33. The van der Waals surface area contributed by atoms with Crippen molar-refractivity contribution in [3.63, 3.8) is 0 Å². The Bertz CT molecular complexity index is 408. The summed E-state index contributed by atoms with van der Waals surface area (Å²) >= 11 is 1.86. The van der Waals surface area contributed by atoms with E-state index in [1.807, 2.05) is 11.3 Å². The Morgan fingerprint density at radius 2 is 1.95 bits per heavy atom. The number of thiazole rings is 1. The van der Waals surface area contributed by atoms with E-state index in [4.69, 9.17) is 4.98 Å². The molecule has 0 bridgehead atoms. The molecule has 0 aromatic carbocycles. The molecule has 4 heteroatoms. The molecule has 0 aliphatic heterocycles. The minimum atomic E-state index is 0.690. The normalized spacial score (nSPS) is 23.0. The highest BCUT2D eigenvalue weighted by molar-refractivity contribution is 7.15. The van der Waals surface area contributed by atoms with Crippen LogP contribution in [0.5, 0.6) is 0 Å². The van der Waals surface area contributed by atoms with E-state index in [0.717, 1.165) is 19.0 Å². The molecule has 20 heavy (non-hydrogen) atoms. The van der Waals surface area contributed by atoms with E-state index in [1.165, 1.54) is 47.8 Å². The topological polar surface area (TPSA) is 28.2 Å². The fraction of sp³-hybridized carbons (Fsp3) is 0.812. The molecule has 2 rings (SSSR count). The monoisotopic (exact) mass is 295 g/mol. The SMILES string of the molecule is CCNCc1sc(N(C)C2CCC(CC)CC2)nc1C. The summed E-state index contributed by atoms with van der Waals surface area (Å²) in [6.45, 7) is 8.58. The van der Waals surface area contributed by atoms with Gasteiger partial charge in [0.1, 0.15) is 0 Å². The average molecular weight is 295 g/mol. The summed E-state index contributed by atoms with van der Waals surface area (Å²) in [5, 5.41) is 4.61. The summed E-state index contributed by atoms with van der Waals surface area (Å²) in [5.74, 6) is 0.960. The summed E-state index contributed by atoms with van der Waals surface area (Å²) in [6.07, 6.45) is 6.78. The molecule has 0 unspecified atom stereocenters. The molecule has 1 aromatic rings. The van der Waals surface area contributed by atoms with Gasteiger partial charge in [-0.25, -0.2) is 4.98 Å². The van der Waals surface area contributed by atoms with Gasteiger partial charge in [-0.3, -0.25) is 0 Å². The van der Waals surface area contributed by atoms with Gasteiger partial charge in [0, 0.05) is 24.5 Å². The molecule has 114 valence electrons. The highest BCUT2D eigenvalue weighted by Gasteiger charge is 2.25. The lowest BCUT2D eigenvalue weighted by molar-refractivity contribution is 0.313. The minimum absolute atomic E-state index is 0.690. The molecule has 1 aliphatic carbocycles. The molecular formula is C16H29N3S. The van der Waals surface area contributed by atoms with Gasteiger partial charge in [0.2, 0.25) is 0 Å². The Morgan fingerprint density at radius 1 is 1.25 bits per heavy atom. The first-order valence-electron chi connectivity index (χ1n) is 8.05. The second-order valence-electron chi connectivity index (χ2n) is 5.98. The van der Waals surface area contributed by atoms with Crippen LogP contribution in [-0.4, -0.2) is 24.6 Å². The second kappa shape index (κ2) is 7.41. The molecule has 1 heterocycles. The van der Waals surface area contributed by atoms with E-state index in [9.17, 15) is 0 Å². The molecule has 0 spiro atoms. The van der Waals surface area contributed by atoms with E-state index in [2.05, 4.69) is 38.0 Å². The number of rotatable bonds is 6. The van der Waals surface area contributed by atoms with Crippen molar-refractivity contribution in [3.05, 3.63) is 10.6 Å². The first kappa shape index (κ1) is 15.8. The first-order valence-corrected chi connectivity index (χ1v) is 8.87. The zero-order valence-electron chi connectivity index (χ0n) is 13.4. The Kier molecular flexibility index (Phi) is 5.85. The molecule has 1 N–H and O–H groups in total. The maximum atomic E-state index is 4.78. The molecule has 3 nitrogen and oxygen atoms in total. The Labute approximate surface area is 127 Å². The van der Waals surface area contributed by atoms with Gasteiger partial charge in [-0.05, 0) is 45.1 Å². The van der Waals surface area contributed by atoms with Gasteiger partial charge >= 0.3 is 0 Å². The van der Waals surface area contributed by atoms with Crippen LogP contribution in [0.3, 0.4) is 0 Å². The Morgan fingerprint density at radius 3 is 2.55 bits per heavy atom. The van der Waals surface area contributed by atoms with Crippen LogP contribution < -0.4 is 10.2 Å². The van der Waals surface area contributed by atoms with Crippen molar-refractivity contribution in [1.82, 2.24) is 10.3 Å². The second-order valence-corrected chi connectivity index (χ2v) is 7.04. The van der Waals surface area contributed by atoms with Crippen LogP contribution in [0, 0.1) is 12.8 Å². The highest BCUT2D eigenvalue weighted by atomic mass is 32.1. The Balaban J connectivity index is 1.97. The zero-order chi connectivity index (χ0) is 14.5. The predicted molar refractivity (Wildman–Crippen MR) is 88.7 cm³/mol. The number of hydrogen-bond acceptors (Lipinski definition) is 4. The largest absolute Gasteiger partial charge is 0.348 e. The molecule has 1 saturated carbocycles. The molecular weight excluding hydrogens is 266 g/mol. The van der Waals surface area contributed by atoms with Crippen molar-refractivity contribution in [2.45, 2.75) is 65.5 Å². The lowest BCUT2D eigenvalue weighted by Gasteiger charge is -2.34. The lowest BCUT2D eigenvalue weighted by atomic mass is 9.84. The van der Waals surface area contributed by atoms with E-state index >= 15 is 0 Å². The maximum Gasteiger partial charge on any atom is 0.185 e. The van der Waals surface area contributed by atoms with Gasteiger partial charge in [0.25, 0.3) is 0 Å². The summed E-state index contributed by atoms with van der Waals surface area (Å²) in [4.78, 5) is 8.60. The lowest BCUT2D eigenvalue weighted by Crippen LogP contribution is -2.35. The van der Waals surface area contributed by atoms with Gasteiger partial charge in [0.15, 0.2) is 5.13 Å².